The van der Waals surface area contributed by atoms with E-state index in [1.54, 1.807) is 29.2 Å². The monoisotopic (exact) mass is 508 g/mol. The summed E-state index contributed by atoms with van der Waals surface area (Å²) >= 11 is 0. The molecule has 1 fully saturated rings. The molecule has 0 saturated carbocycles. The molecule has 2 aromatic rings. The van der Waals surface area contributed by atoms with Crippen LogP contribution in [-0.2, 0) is 9.59 Å². The lowest BCUT2D eigenvalue weighted by molar-refractivity contribution is -0.140. The van der Waals surface area contributed by atoms with Gasteiger partial charge in [0.25, 0.3) is 11.7 Å². The van der Waals surface area contributed by atoms with Crippen LogP contribution in [0.1, 0.15) is 64.1 Å². The summed E-state index contributed by atoms with van der Waals surface area (Å²) in [4.78, 5) is 30.3. The number of unbranched alkanes of at least 4 members (excludes halogenated alkanes) is 2. The average Bonchev–Trinajstić information content (AvgIpc) is 3.17. The van der Waals surface area contributed by atoms with Crippen molar-refractivity contribution in [2.45, 2.75) is 53.0 Å². The third kappa shape index (κ3) is 6.92. The largest absolute Gasteiger partial charge is 0.507 e. The Morgan fingerprint density at radius 2 is 1.51 bits per heavy atom. The number of likely N-dealkylation sites (tertiary alicyclic amines) is 1. The van der Waals surface area contributed by atoms with Gasteiger partial charge in [0, 0.05) is 18.7 Å². The smallest absolute Gasteiger partial charge is 0.295 e. The Bertz CT molecular complexity index is 1060. The Labute approximate surface area is 220 Å². The molecular weight excluding hydrogens is 468 g/mol. The third-order valence-corrected chi connectivity index (χ3v) is 6.74. The Balaban J connectivity index is 1.97. The fraction of sp³-hybridized carbons (Fsp3) is 0.467. The molecule has 0 aromatic heterocycles. The molecule has 0 spiro atoms. The lowest BCUT2D eigenvalue weighted by Gasteiger charge is -2.28. The predicted molar refractivity (Wildman–Crippen MR) is 146 cm³/mol. The van der Waals surface area contributed by atoms with Gasteiger partial charge >= 0.3 is 0 Å². The van der Waals surface area contributed by atoms with Gasteiger partial charge in [-0.2, -0.15) is 0 Å². The molecule has 0 radical (unpaired) electrons. The van der Waals surface area contributed by atoms with E-state index in [-0.39, 0.29) is 11.3 Å². The quantitative estimate of drug-likeness (QED) is 0.159. The first-order chi connectivity index (χ1) is 17.9. The standard InChI is InChI=1S/C30H40N2O5/c1-5-9-10-21-37-25-15-11-22(12-16-25)27-26(28(33)23-13-17-24(18-14-23)36-8-4)29(34)30(35)32(27)20-19-31(6-2)7-3/h11-18,27,33H,5-10,19-21H2,1-4H3/b28-26+. The minimum Gasteiger partial charge on any atom is -0.507 e. The van der Waals surface area contributed by atoms with Gasteiger partial charge in [-0.25, -0.2) is 0 Å². The lowest BCUT2D eigenvalue weighted by Crippen LogP contribution is -2.38. The summed E-state index contributed by atoms with van der Waals surface area (Å²) in [6.07, 6.45) is 3.24. The summed E-state index contributed by atoms with van der Waals surface area (Å²) < 4.78 is 11.3. The SMILES string of the molecule is CCCCCOc1ccc(C2/C(=C(\O)c3ccc(OCC)cc3)C(=O)C(=O)N2CCN(CC)CC)cc1. The van der Waals surface area contributed by atoms with E-state index in [2.05, 4.69) is 25.7 Å². The highest BCUT2D eigenvalue weighted by Crippen LogP contribution is 2.40. The van der Waals surface area contributed by atoms with Gasteiger partial charge in [0.05, 0.1) is 24.8 Å². The summed E-state index contributed by atoms with van der Waals surface area (Å²) in [6.45, 7) is 12.1. The Morgan fingerprint density at radius 1 is 0.892 bits per heavy atom. The molecule has 200 valence electrons. The van der Waals surface area contributed by atoms with E-state index in [9.17, 15) is 14.7 Å². The molecule has 1 heterocycles. The van der Waals surface area contributed by atoms with Gasteiger partial charge in [0.15, 0.2) is 0 Å². The second-order valence-electron chi connectivity index (χ2n) is 9.10. The van der Waals surface area contributed by atoms with Crippen molar-refractivity contribution >= 4 is 17.4 Å². The zero-order valence-corrected chi connectivity index (χ0v) is 22.5. The van der Waals surface area contributed by atoms with Crippen LogP contribution in [0.3, 0.4) is 0 Å². The average molecular weight is 509 g/mol. The molecule has 0 bridgehead atoms. The second-order valence-corrected chi connectivity index (χ2v) is 9.10. The van der Waals surface area contributed by atoms with E-state index >= 15 is 0 Å². The highest BCUT2D eigenvalue weighted by Gasteiger charge is 2.46. The van der Waals surface area contributed by atoms with Crippen LogP contribution in [0.2, 0.25) is 0 Å². The van der Waals surface area contributed by atoms with Crippen LogP contribution in [0.25, 0.3) is 5.76 Å². The Hall–Kier alpha value is -3.32. The molecule has 0 aliphatic carbocycles. The molecular formula is C30H40N2O5. The first kappa shape index (κ1) is 28.3. The number of carbonyl (C=O) groups excluding carboxylic acids is 2. The fourth-order valence-corrected chi connectivity index (χ4v) is 4.57. The first-order valence-corrected chi connectivity index (χ1v) is 13.4. The van der Waals surface area contributed by atoms with Crippen LogP contribution in [-0.4, -0.2) is 66.0 Å². The van der Waals surface area contributed by atoms with Crippen LogP contribution in [0, 0.1) is 0 Å². The molecule has 1 saturated heterocycles. The van der Waals surface area contributed by atoms with Crippen LogP contribution in [0.15, 0.2) is 54.1 Å². The van der Waals surface area contributed by atoms with Crippen LogP contribution >= 0.6 is 0 Å². The van der Waals surface area contributed by atoms with Crippen molar-refractivity contribution in [3.63, 3.8) is 0 Å². The van der Waals surface area contributed by atoms with Crippen LogP contribution in [0.4, 0.5) is 0 Å². The number of amides is 1. The van der Waals surface area contributed by atoms with E-state index in [1.807, 2.05) is 31.2 Å². The summed E-state index contributed by atoms with van der Waals surface area (Å²) in [5.41, 5.74) is 1.32. The second kappa shape index (κ2) is 13.8. The number of rotatable bonds is 14. The van der Waals surface area contributed by atoms with Gasteiger partial charge in [-0.1, -0.05) is 45.7 Å². The number of nitrogens with zero attached hydrogens (tertiary/aromatic N) is 2. The van der Waals surface area contributed by atoms with Gasteiger partial charge in [-0.15, -0.1) is 0 Å². The summed E-state index contributed by atoms with van der Waals surface area (Å²) in [5, 5.41) is 11.3. The van der Waals surface area contributed by atoms with E-state index < -0.39 is 17.7 Å². The van der Waals surface area contributed by atoms with E-state index in [0.717, 1.165) is 43.7 Å². The zero-order chi connectivity index (χ0) is 26.8. The lowest BCUT2D eigenvalue weighted by atomic mass is 9.95. The van der Waals surface area contributed by atoms with E-state index in [4.69, 9.17) is 9.47 Å². The van der Waals surface area contributed by atoms with Crippen molar-refractivity contribution in [2.24, 2.45) is 0 Å². The van der Waals surface area contributed by atoms with Crippen LogP contribution < -0.4 is 9.47 Å². The fourth-order valence-electron chi connectivity index (χ4n) is 4.57. The minimum absolute atomic E-state index is 0.102. The molecule has 1 aliphatic rings. The zero-order valence-electron chi connectivity index (χ0n) is 22.5. The van der Waals surface area contributed by atoms with Crippen molar-refractivity contribution < 1.29 is 24.2 Å². The maximum atomic E-state index is 13.3. The number of ether oxygens (including phenoxy) is 2. The van der Waals surface area contributed by atoms with Crippen molar-refractivity contribution in [3.8, 4) is 11.5 Å². The molecule has 7 heteroatoms. The van der Waals surface area contributed by atoms with Crippen LogP contribution in [0.5, 0.6) is 11.5 Å². The number of carbonyl (C=O) groups is 2. The topological polar surface area (TPSA) is 79.3 Å². The molecule has 1 aliphatic heterocycles. The highest BCUT2D eigenvalue weighted by atomic mass is 16.5. The van der Waals surface area contributed by atoms with Crippen molar-refractivity contribution in [1.82, 2.24) is 9.80 Å². The summed E-state index contributed by atoms with van der Waals surface area (Å²) in [6, 6.07) is 13.7. The number of hydrogen-bond acceptors (Lipinski definition) is 6. The van der Waals surface area contributed by atoms with Gasteiger partial charge < -0.3 is 24.4 Å². The molecule has 1 amide bonds. The van der Waals surface area contributed by atoms with Gasteiger partial charge in [-0.05, 0) is 68.4 Å². The van der Waals surface area contributed by atoms with E-state index in [1.165, 1.54) is 0 Å². The summed E-state index contributed by atoms with van der Waals surface area (Å²) in [7, 11) is 0. The first-order valence-electron chi connectivity index (χ1n) is 13.4. The number of aliphatic hydroxyl groups is 1. The number of ketones is 1. The number of Topliss-reactive ketones (excluding diaryl/α,β-unsaturated/α-hetero) is 1. The van der Waals surface area contributed by atoms with Gasteiger partial charge in [0.1, 0.15) is 17.3 Å². The van der Waals surface area contributed by atoms with Gasteiger partial charge in [0.2, 0.25) is 0 Å². The normalized spacial score (nSPS) is 17.0. The number of aliphatic hydroxyl groups excluding tert-OH is 1. The van der Waals surface area contributed by atoms with Crippen molar-refractivity contribution in [1.29, 1.82) is 0 Å². The minimum atomic E-state index is -0.684. The Morgan fingerprint density at radius 3 is 2.11 bits per heavy atom. The summed E-state index contributed by atoms with van der Waals surface area (Å²) in [5.74, 6) is -0.0340. The predicted octanol–water partition coefficient (Wildman–Crippen LogP) is 5.42. The maximum Gasteiger partial charge on any atom is 0.295 e. The molecule has 2 aromatic carbocycles. The molecule has 7 nitrogen and oxygen atoms in total. The highest BCUT2D eigenvalue weighted by molar-refractivity contribution is 6.46. The maximum absolute atomic E-state index is 13.3. The Kier molecular flexibility index (Phi) is 10.6. The third-order valence-electron chi connectivity index (χ3n) is 6.74. The van der Waals surface area contributed by atoms with E-state index in [0.29, 0.717) is 37.6 Å². The number of benzene rings is 2. The molecule has 1 unspecified atom stereocenters. The molecule has 37 heavy (non-hydrogen) atoms. The number of hydrogen-bond donors (Lipinski definition) is 1. The van der Waals surface area contributed by atoms with Crippen molar-refractivity contribution in [2.75, 3.05) is 39.4 Å². The van der Waals surface area contributed by atoms with Gasteiger partial charge in [-0.3, -0.25) is 9.59 Å². The molecule has 1 N–H and O–H groups in total. The molecule has 3 rings (SSSR count). The van der Waals surface area contributed by atoms with Crippen molar-refractivity contribution in [3.05, 3.63) is 65.2 Å². The molecule has 1 atom stereocenters. The number of likely N-dealkylation sites (N-methyl/N-ethyl adjacent to an activating group) is 1.